The average molecular weight is 274 g/mol. The van der Waals surface area contributed by atoms with Crippen LogP contribution in [0.5, 0.6) is 0 Å². The van der Waals surface area contributed by atoms with Crippen molar-refractivity contribution in [1.82, 2.24) is 19.7 Å². The Morgan fingerprint density at radius 3 is 2.60 bits per heavy atom. The first-order valence-corrected chi connectivity index (χ1v) is 6.45. The van der Waals surface area contributed by atoms with Crippen LogP contribution in [0, 0.1) is 0 Å². The summed E-state index contributed by atoms with van der Waals surface area (Å²) in [5.41, 5.74) is 0.868. The first kappa shape index (κ1) is 14.2. The first-order chi connectivity index (χ1) is 9.61. The molecule has 0 aliphatic rings. The summed E-state index contributed by atoms with van der Waals surface area (Å²) >= 11 is 0. The normalized spacial score (nSPS) is 10.8. The van der Waals surface area contributed by atoms with E-state index < -0.39 is 5.97 Å². The lowest BCUT2D eigenvalue weighted by atomic mass is 10.3. The highest BCUT2D eigenvalue weighted by atomic mass is 16.5. The van der Waals surface area contributed by atoms with E-state index in [4.69, 9.17) is 4.74 Å². The molecule has 0 aliphatic carbocycles. The Hall–Kier alpha value is -2.21. The number of ether oxygens (including phenoxy) is 1. The number of carbonyl (C=O) groups is 1. The number of nitrogens with zero attached hydrogens (tertiary/aromatic N) is 4. The number of hydrogen-bond donors (Lipinski definition) is 0. The Balaban J connectivity index is 2.40. The Labute approximate surface area is 118 Å². The number of benzene rings is 1. The van der Waals surface area contributed by atoms with Crippen LogP contribution in [0.3, 0.4) is 0 Å². The SMILES string of the molecule is CCOC(=O)c1nc(CN(C)C)n(-c2ccccc2)n1. The first-order valence-electron chi connectivity index (χ1n) is 6.45. The summed E-state index contributed by atoms with van der Waals surface area (Å²) in [7, 11) is 3.88. The van der Waals surface area contributed by atoms with E-state index in [0.717, 1.165) is 5.69 Å². The maximum absolute atomic E-state index is 11.8. The molecule has 106 valence electrons. The van der Waals surface area contributed by atoms with Crippen molar-refractivity contribution in [3.8, 4) is 5.69 Å². The smallest absolute Gasteiger partial charge is 0.378 e. The van der Waals surface area contributed by atoms with Crippen LogP contribution in [0.25, 0.3) is 5.69 Å². The molecule has 0 unspecified atom stereocenters. The molecular weight excluding hydrogens is 256 g/mol. The highest BCUT2D eigenvalue weighted by Gasteiger charge is 2.18. The Morgan fingerprint density at radius 2 is 2.00 bits per heavy atom. The van der Waals surface area contributed by atoms with E-state index >= 15 is 0 Å². The molecule has 0 aliphatic heterocycles. The van der Waals surface area contributed by atoms with Gasteiger partial charge in [-0.05, 0) is 33.2 Å². The third-order valence-corrected chi connectivity index (χ3v) is 2.59. The molecule has 0 spiro atoms. The van der Waals surface area contributed by atoms with Gasteiger partial charge >= 0.3 is 5.97 Å². The van der Waals surface area contributed by atoms with Crippen molar-refractivity contribution in [2.24, 2.45) is 0 Å². The lowest BCUT2D eigenvalue weighted by molar-refractivity contribution is 0.0512. The third-order valence-electron chi connectivity index (χ3n) is 2.59. The zero-order chi connectivity index (χ0) is 14.5. The quantitative estimate of drug-likeness (QED) is 0.773. The van der Waals surface area contributed by atoms with Crippen LogP contribution in [-0.4, -0.2) is 46.3 Å². The van der Waals surface area contributed by atoms with Crippen molar-refractivity contribution < 1.29 is 9.53 Å². The Morgan fingerprint density at radius 1 is 1.30 bits per heavy atom. The molecule has 1 aromatic carbocycles. The van der Waals surface area contributed by atoms with Gasteiger partial charge in [0.2, 0.25) is 0 Å². The molecule has 2 rings (SSSR count). The number of esters is 1. The van der Waals surface area contributed by atoms with Crippen molar-refractivity contribution >= 4 is 5.97 Å². The van der Waals surface area contributed by atoms with Gasteiger partial charge in [-0.25, -0.2) is 14.5 Å². The summed E-state index contributed by atoms with van der Waals surface area (Å²) in [6, 6.07) is 9.60. The van der Waals surface area contributed by atoms with E-state index in [2.05, 4.69) is 10.1 Å². The van der Waals surface area contributed by atoms with Gasteiger partial charge in [0.15, 0.2) is 0 Å². The predicted octanol–water partition coefficient (Wildman–Crippen LogP) is 1.51. The van der Waals surface area contributed by atoms with Crippen molar-refractivity contribution in [2.45, 2.75) is 13.5 Å². The van der Waals surface area contributed by atoms with Gasteiger partial charge in [0.05, 0.1) is 18.8 Å². The van der Waals surface area contributed by atoms with Crippen LogP contribution >= 0.6 is 0 Å². The van der Waals surface area contributed by atoms with Crippen molar-refractivity contribution in [2.75, 3.05) is 20.7 Å². The van der Waals surface area contributed by atoms with E-state index in [-0.39, 0.29) is 5.82 Å². The van der Waals surface area contributed by atoms with E-state index in [1.165, 1.54) is 0 Å². The summed E-state index contributed by atoms with van der Waals surface area (Å²) in [4.78, 5) is 18.0. The molecule has 1 aromatic heterocycles. The fraction of sp³-hybridized carbons (Fsp3) is 0.357. The maximum Gasteiger partial charge on any atom is 0.378 e. The summed E-state index contributed by atoms with van der Waals surface area (Å²) in [6.45, 7) is 2.65. The molecule has 0 saturated carbocycles. The second kappa shape index (κ2) is 6.29. The minimum Gasteiger partial charge on any atom is -0.460 e. The topological polar surface area (TPSA) is 60.2 Å². The molecule has 0 amide bonds. The molecule has 0 saturated heterocycles. The molecule has 0 fully saturated rings. The largest absolute Gasteiger partial charge is 0.460 e. The lowest BCUT2D eigenvalue weighted by Crippen LogP contribution is -2.15. The third kappa shape index (κ3) is 3.21. The van der Waals surface area contributed by atoms with Crippen molar-refractivity contribution in [1.29, 1.82) is 0 Å². The van der Waals surface area contributed by atoms with E-state index in [9.17, 15) is 4.79 Å². The van der Waals surface area contributed by atoms with Crippen LogP contribution in [0.2, 0.25) is 0 Å². The number of carbonyl (C=O) groups excluding carboxylic acids is 1. The van der Waals surface area contributed by atoms with Gasteiger partial charge in [-0.15, -0.1) is 5.10 Å². The van der Waals surface area contributed by atoms with Crippen LogP contribution in [0.4, 0.5) is 0 Å². The molecule has 20 heavy (non-hydrogen) atoms. The number of aromatic nitrogens is 3. The van der Waals surface area contributed by atoms with E-state index in [1.807, 2.05) is 49.3 Å². The summed E-state index contributed by atoms with van der Waals surface area (Å²) in [6.07, 6.45) is 0. The van der Waals surface area contributed by atoms with Crippen LogP contribution in [-0.2, 0) is 11.3 Å². The van der Waals surface area contributed by atoms with Gasteiger partial charge in [0.1, 0.15) is 5.82 Å². The molecular formula is C14H18N4O2. The monoisotopic (exact) mass is 274 g/mol. The molecule has 0 bridgehead atoms. The number of para-hydroxylation sites is 1. The zero-order valence-electron chi connectivity index (χ0n) is 11.9. The molecule has 1 heterocycles. The highest BCUT2D eigenvalue weighted by Crippen LogP contribution is 2.11. The molecule has 6 heteroatoms. The Bertz CT molecular complexity index is 578. The Kier molecular flexibility index (Phi) is 4.47. The second-order valence-electron chi connectivity index (χ2n) is 4.56. The molecule has 2 aromatic rings. The molecule has 0 radical (unpaired) electrons. The van der Waals surface area contributed by atoms with Gasteiger partial charge in [-0.2, -0.15) is 0 Å². The maximum atomic E-state index is 11.8. The summed E-state index contributed by atoms with van der Waals surface area (Å²) < 4.78 is 6.62. The standard InChI is InChI=1S/C14H18N4O2/c1-4-20-14(19)13-15-12(10-17(2)3)18(16-13)11-8-6-5-7-9-11/h5-9H,4,10H2,1-3H3. The number of hydrogen-bond acceptors (Lipinski definition) is 5. The summed E-state index contributed by atoms with van der Waals surface area (Å²) in [5, 5.41) is 4.26. The van der Waals surface area contributed by atoms with E-state index in [1.54, 1.807) is 11.6 Å². The fourth-order valence-electron chi connectivity index (χ4n) is 1.79. The summed E-state index contributed by atoms with van der Waals surface area (Å²) in [5.74, 6) is 0.291. The molecule has 6 nitrogen and oxygen atoms in total. The second-order valence-corrected chi connectivity index (χ2v) is 4.56. The molecule has 0 atom stereocenters. The predicted molar refractivity (Wildman–Crippen MR) is 74.7 cm³/mol. The van der Waals surface area contributed by atoms with Gasteiger partial charge in [-0.1, -0.05) is 18.2 Å². The minimum atomic E-state index is -0.498. The fourth-order valence-corrected chi connectivity index (χ4v) is 1.79. The average Bonchev–Trinajstić information content (AvgIpc) is 2.83. The van der Waals surface area contributed by atoms with Crippen LogP contribution in [0.15, 0.2) is 30.3 Å². The van der Waals surface area contributed by atoms with E-state index in [0.29, 0.717) is 19.0 Å². The van der Waals surface area contributed by atoms with Crippen LogP contribution in [0.1, 0.15) is 23.4 Å². The van der Waals surface area contributed by atoms with Gasteiger partial charge in [-0.3, -0.25) is 0 Å². The lowest BCUT2D eigenvalue weighted by Gasteiger charge is -2.10. The zero-order valence-corrected chi connectivity index (χ0v) is 11.9. The minimum absolute atomic E-state index is 0.0903. The number of rotatable bonds is 5. The van der Waals surface area contributed by atoms with Gasteiger partial charge in [0, 0.05) is 0 Å². The van der Waals surface area contributed by atoms with Gasteiger partial charge < -0.3 is 9.64 Å². The van der Waals surface area contributed by atoms with Crippen molar-refractivity contribution in [3.63, 3.8) is 0 Å². The highest BCUT2D eigenvalue weighted by molar-refractivity contribution is 5.85. The van der Waals surface area contributed by atoms with Gasteiger partial charge in [0.25, 0.3) is 5.82 Å². The molecule has 0 N–H and O–H groups in total. The van der Waals surface area contributed by atoms with Crippen LogP contribution < -0.4 is 0 Å². The van der Waals surface area contributed by atoms with Crippen molar-refractivity contribution in [3.05, 3.63) is 42.0 Å².